The second-order valence-corrected chi connectivity index (χ2v) is 29.5. The maximum atomic E-state index is 12.4. The largest absolute Gasteiger partial charge is 0.364 e. The summed E-state index contributed by atoms with van der Waals surface area (Å²) in [6, 6.07) is 21.7. The van der Waals surface area contributed by atoms with Gasteiger partial charge >= 0.3 is 0 Å². The van der Waals surface area contributed by atoms with E-state index in [9.17, 15) is 13.6 Å². The van der Waals surface area contributed by atoms with Crippen LogP contribution < -0.4 is 5.73 Å². The summed E-state index contributed by atoms with van der Waals surface area (Å²) in [7, 11) is 0. The highest BCUT2D eigenvalue weighted by Gasteiger charge is 2.20. The Bertz CT molecular complexity index is 2850. The molecule has 466 valence electrons. The zero-order chi connectivity index (χ0) is 66.9. The van der Waals surface area contributed by atoms with Crippen molar-refractivity contribution in [1.29, 1.82) is 10.5 Å². The van der Waals surface area contributed by atoms with Crippen molar-refractivity contribution in [2.75, 3.05) is 0 Å². The molecule has 19 heteroatoms. The first-order valence-electron chi connectivity index (χ1n) is 28.1. The standard InChI is InChI=1S/C10H12N2.C9H12FN.C9H13N3O.C9H11N3.C9H14N2.C8H11BrN2.C8H11FN2.C5H12/c1-10(2,3)9-5-4-8(6-11)7-12-9;1-9(2,3)8-5-4-7(10)6-11-8;1-9(2,3)7-5-4-6(8(10)13)11-12-7;1-9(2,3)8-5-4-7(6-10)11-12-8;1-7-5-6-8(11-10-7)9(2,3)4;1-8(2,3)6-4-10-7(9)11-5-6;1-8(2,3)7-10-4-6(9)5-11-7;1-5(2,3)4/h4-5,7H,1-3H3;4-6H,1-3H3;4-5H,1-3H3,(H2,10,13);4-5H,1-3H3;5-6H,1-4H3;2*4-5H,1-3H3;1-4H3. The minimum atomic E-state index is -0.548. The van der Waals surface area contributed by atoms with Crippen molar-refractivity contribution in [2.45, 2.75) is 218 Å². The molecule has 0 aliphatic heterocycles. The molecule has 7 rings (SSSR count). The Hall–Kier alpha value is -7.51. The van der Waals surface area contributed by atoms with Gasteiger partial charge in [-0.25, -0.2) is 28.7 Å². The van der Waals surface area contributed by atoms with E-state index >= 15 is 0 Å². The van der Waals surface area contributed by atoms with Crippen LogP contribution in [0.15, 0.2) is 103 Å². The number of nitrogens with zero attached hydrogens (tertiary/aromatic N) is 14. The molecule has 7 aromatic rings. The summed E-state index contributed by atoms with van der Waals surface area (Å²) in [6.45, 7) is 54.2. The van der Waals surface area contributed by atoms with E-state index in [1.165, 1.54) is 24.7 Å². The van der Waals surface area contributed by atoms with Crippen LogP contribution in [0.4, 0.5) is 8.78 Å². The summed E-state index contributed by atoms with van der Waals surface area (Å²) in [6.07, 6.45) is 8.93. The van der Waals surface area contributed by atoms with Crippen molar-refractivity contribution in [1.82, 2.24) is 60.5 Å². The van der Waals surface area contributed by atoms with Gasteiger partial charge in [0, 0.05) is 62.5 Å². The molecule has 7 heterocycles. The minimum absolute atomic E-state index is 0.000978. The Morgan fingerprint density at radius 2 is 0.802 bits per heavy atom. The average Bonchev–Trinajstić information content (AvgIpc) is 3.62. The van der Waals surface area contributed by atoms with Gasteiger partial charge in [-0.15, -0.1) is 10.2 Å². The van der Waals surface area contributed by atoms with E-state index in [4.69, 9.17) is 16.3 Å². The molecule has 16 nitrogen and oxygen atoms in total. The lowest BCUT2D eigenvalue weighted by Crippen LogP contribution is -2.18. The van der Waals surface area contributed by atoms with Gasteiger partial charge in [-0.2, -0.15) is 30.9 Å². The van der Waals surface area contributed by atoms with Gasteiger partial charge in [0.1, 0.15) is 23.8 Å². The molecule has 0 spiro atoms. The predicted octanol–water partition coefficient (Wildman–Crippen LogP) is 15.9. The number of carbonyl (C=O) groups excluding carboxylic acids is 1. The SMILES string of the molecule is CC(C)(C)C.CC(C)(C)c1ccc(C#N)cn1.CC(C)(C)c1ccc(C#N)nn1.CC(C)(C)c1ccc(C(N)=O)nn1.CC(C)(C)c1ccc(F)cn1.CC(C)(C)c1cnc(Br)nc1.CC(C)(C)c1ncc(F)cn1.Cc1ccc(C(C)(C)C)nn1. The molecule has 1 amide bonds. The first kappa shape index (κ1) is 78.5. The second-order valence-electron chi connectivity index (χ2n) is 28.8. The number of nitriles is 2. The molecule has 86 heavy (non-hydrogen) atoms. The van der Waals surface area contributed by atoms with E-state index in [0.29, 0.717) is 27.2 Å². The van der Waals surface area contributed by atoms with E-state index in [-0.39, 0.29) is 49.4 Å². The van der Waals surface area contributed by atoms with Crippen molar-refractivity contribution in [2.24, 2.45) is 11.1 Å². The quantitative estimate of drug-likeness (QED) is 0.150. The van der Waals surface area contributed by atoms with E-state index in [0.717, 1.165) is 39.7 Å². The lowest BCUT2D eigenvalue weighted by Gasteiger charge is -2.17. The van der Waals surface area contributed by atoms with Gasteiger partial charge in [-0.3, -0.25) is 14.8 Å². The first-order valence-corrected chi connectivity index (χ1v) is 28.9. The maximum absolute atomic E-state index is 12.4. The van der Waals surface area contributed by atoms with Gasteiger partial charge in [0.2, 0.25) is 0 Å². The third kappa shape index (κ3) is 34.4. The fourth-order valence-corrected chi connectivity index (χ4v) is 5.78. The van der Waals surface area contributed by atoms with Gasteiger partial charge in [0.15, 0.2) is 21.9 Å². The molecule has 7 aromatic heterocycles. The first-order chi connectivity index (χ1) is 39.0. The number of rotatable bonds is 1. The number of halogens is 3. The fraction of sp³-hybridized carbons (Fsp3) is 0.507. The van der Waals surface area contributed by atoms with Gasteiger partial charge < -0.3 is 5.73 Å². The van der Waals surface area contributed by atoms with Crippen LogP contribution in [0.25, 0.3) is 0 Å². The van der Waals surface area contributed by atoms with Gasteiger partial charge in [0.25, 0.3) is 5.91 Å². The number of nitrogens with two attached hydrogens (primary N) is 1. The zero-order valence-electron chi connectivity index (χ0n) is 56.1. The number of aryl methyl sites for hydroxylation is 1. The summed E-state index contributed by atoms with van der Waals surface area (Å²) in [5.74, 6) is -0.553. The molecule has 0 fully saturated rings. The van der Waals surface area contributed by atoms with Crippen LogP contribution in [0.3, 0.4) is 0 Å². The van der Waals surface area contributed by atoms with Crippen molar-refractivity contribution in [3.8, 4) is 12.1 Å². The monoisotopic (exact) mass is 1240 g/mol. The van der Waals surface area contributed by atoms with Gasteiger partial charge in [-0.05, 0) is 99.9 Å². The molecule has 0 bridgehead atoms. The molecule has 0 saturated carbocycles. The van der Waals surface area contributed by atoms with E-state index in [1.807, 2.05) is 118 Å². The Labute approximate surface area is 521 Å². The lowest BCUT2D eigenvalue weighted by atomic mass is 9.89. The Kier molecular flexibility index (Phi) is 31.0. The van der Waals surface area contributed by atoms with Crippen molar-refractivity contribution >= 4 is 21.8 Å². The van der Waals surface area contributed by atoms with Crippen molar-refractivity contribution < 1.29 is 13.6 Å². The number of hydrogen-bond acceptors (Lipinski definition) is 15. The van der Waals surface area contributed by atoms with Crippen LogP contribution in [-0.4, -0.2) is 66.4 Å². The van der Waals surface area contributed by atoms with Crippen LogP contribution >= 0.6 is 15.9 Å². The highest BCUT2D eigenvalue weighted by atomic mass is 79.9. The van der Waals surface area contributed by atoms with Crippen LogP contribution in [-0.2, 0) is 37.9 Å². The van der Waals surface area contributed by atoms with Crippen LogP contribution in [0, 0.1) is 46.6 Å². The molecule has 0 atom stereocenters. The minimum Gasteiger partial charge on any atom is -0.364 e. The number of primary amides is 1. The second kappa shape index (κ2) is 34.0. The Morgan fingerprint density at radius 1 is 0.419 bits per heavy atom. The fourth-order valence-electron chi connectivity index (χ4n) is 5.58. The van der Waals surface area contributed by atoms with Crippen molar-refractivity contribution in [3.63, 3.8) is 0 Å². The molecule has 0 aromatic carbocycles. The van der Waals surface area contributed by atoms with E-state index in [1.54, 1.807) is 36.5 Å². The lowest BCUT2D eigenvalue weighted by molar-refractivity contribution is 0.0994. The normalized spacial score (nSPS) is 11.4. The number of pyridine rings is 2. The topological polar surface area (TPSA) is 245 Å². The third-order valence-electron chi connectivity index (χ3n) is 10.7. The number of amides is 1. The Balaban J connectivity index is 0.000000968. The zero-order valence-corrected chi connectivity index (χ0v) is 57.7. The molecule has 0 radical (unpaired) electrons. The third-order valence-corrected chi connectivity index (χ3v) is 11.1. The van der Waals surface area contributed by atoms with E-state index in [2.05, 4.69) is 187 Å². The summed E-state index contributed by atoms with van der Waals surface area (Å²) in [5.41, 5.74) is 13.7. The van der Waals surface area contributed by atoms with Crippen molar-refractivity contribution in [3.05, 3.63) is 177 Å². The van der Waals surface area contributed by atoms with Gasteiger partial charge in [0.05, 0.1) is 46.9 Å². The maximum Gasteiger partial charge on any atom is 0.269 e. The average molecular weight is 1250 g/mol. The highest BCUT2D eigenvalue weighted by Crippen LogP contribution is 2.24. The molecule has 0 unspecified atom stereocenters. The number of hydrogen-bond donors (Lipinski definition) is 1. The molecule has 2 N–H and O–H groups in total. The summed E-state index contributed by atoms with van der Waals surface area (Å²) < 4.78 is 25.4. The number of carbonyl (C=O) groups is 1. The smallest absolute Gasteiger partial charge is 0.269 e. The van der Waals surface area contributed by atoms with Crippen LogP contribution in [0.5, 0.6) is 0 Å². The van der Waals surface area contributed by atoms with Gasteiger partial charge in [-0.1, -0.05) is 173 Å². The Morgan fingerprint density at radius 3 is 1.09 bits per heavy atom. The van der Waals surface area contributed by atoms with Crippen LogP contribution in [0.2, 0.25) is 0 Å². The molecular formula is C67H96BrF2N15O. The number of aromatic nitrogens is 12. The highest BCUT2D eigenvalue weighted by molar-refractivity contribution is 9.10. The molecule has 0 aliphatic rings. The summed E-state index contributed by atoms with van der Waals surface area (Å²) >= 11 is 3.19. The summed E-state index contributed by atoms with van der Waals surface area (Å²) in [4.78, 5) is 34.7. The molecule has 0 aliphatic carbocycles. The molecule has 0 saturated heterocycles. The summed E-state index contributed by atoms with van der Waals surface area (Å²) in [5, 5.41) is 40.5. The molecular weight excluding hydrogens is 1150 g/mol. The predicted molar refractivity (Wildman–Crippen MR) is 345 cm³/mol. The van der Waals surface area contributed by atoms with E-state index < -0.39 is 11.7 Å². The van der Waals surface area contributed by atoms with Crippen LogP contribution in [0.1, 0.15) is 240 Å².